The van der Waals surface area contributed by atoms with Gasteiger partial charge >= 0.3 is 0 Å². The van der Waals surface area contributed by atoms with E-state index in [2.05, 4.69) is 20.9 Å². The Morgan fingerprint density at radius 1 is 1.10 bits per heavy atom. The van der Waals surface area contributed by atoms with Gasteiger partial charge in [0.25, 0.3) is 0 Å². The summed E-state index contributed by atoms with van der Waals surface area (Å²) in [5, 5.41) is 0.816. The molecule has 3 rings (SSSR count). The number of benzene rings is 1. The van der Waals surface area contributed by atoms with Gasteiger partial charge in [-0.3, -0.25) is 4.90 Å². The van der Waals surface area contributed by atoms with Crippen molar-refractivity contribution in [2.24, 2.45) is 0 Å². The van der Waals surface area contributed by atoms with Crippen molar-refractivity contribution in [1.29, 1.82) is 0 Å². The summed E-state index contributed by atoms with van der Waals surface area (Å²) in [6.07, 6.45) is 1.51. The molecule has 21 heavy (non-hydrogen) atoms. The minimum Gasteiger partial charge on any atom is -0.369 e. The van der Waals surface area contributed by atoms with E-state index >= 15 is 0 Å². The van der Waals surface area contributed by atoms with Gasteiger partial charge in [-0.1, -0.05) is 29.8 Å². The molecule has 0 radical (unpaired) electrons. The third-order valence-electron chi connectivity index (χ3n) is 3.80. The van der Waals surface area contributed by atoms with Crippen LogP contribution in [0.4, 0.5) is 10.1 Å². The Hall–Kier alpha value is -1.65. The monoisotopic (exact) mass is 305 g/mol. The molecule has 1 aromatic heterocycles. The predicted octanol–water partition coefficient (Wildman–Crippen LogP) is 3.20. The first-order valence-electron chi connectivity index (χ1n) is 7.04. The number of anilines is 1. The summed E-state index contributed by atoms with van der Waals surface area (Å²) in [4.78, 5) is 8.16. The number of aromatic nitrogens is 1. The molecule has 0 spiro atoms. The minimum atomic E-state index is -0.425. The Morgan fingerprint density at radius 2 is 1.86 bits per heavy atom. The van der Waals surface area contributed by atoms with Crippen molar-refractivity contribution in [2.75, 3.05) is 31.1 Å². The lowest BCUT2D eigenvalue weighted by atomic mass is 10.2. The van der Waals surface area contributed by atoms with Crippen molar-refractivity contribution in [3.63, 3.8) is 0 Å². The molecule has 1 aromatic carbocycles. The zero-order chi connectivity index (χ0) is 14.7. The van der Waals surface area contributed by atoms with Crippen molar-refractivity contribution in [1.82, 2.24) is 9.88 Å². The van der Waals surface area contributed by atoms with E-state index in [0.717, 1.165) is 49.0 Å². The van der Waals surface area contributed by atoms with E-state index in [9.17, 15) is 4.39 Å². The molecule has 0 saturated carbocycles. The lowest BCUT2D eigenvalue weighted by Crippen LogP contribution is -2.46. The number of piperazine rings is 1. The van der Waals surface area contributed by atoms with E-state index in [1.165, 1.54) is 12.3 Å². The molecule has 0 unspecified atom stereocenters. The van der Waals surface area contributed by atoms with Crippen LogP contribution in [0.2, 0.25) is 5.02 Å². The Kier molecular flexibility index (Phi) is 4.36. The number of nitrogens with zero attached hydrogens (tertiary/aromatic N) is 3. The van der Waals surface area contributed by atoms with Gasteiger partial charge in [-0.05, 0) is 17.7 Å². The minimum absolute atomic E-state index is 0.425. The SMILES string of the molecule is Fc1cc(N2CCN(Cc3ccccc3Cl)CC2)ccn1. The van der Waals surface area contributed by atoms with Gasteiger partial charge in [0.15, 0.2) is 0 Å². The maximum Gasteiger partial charge on any atom is 0.214 e. The third-order valence-corrected chi connectivity index (χ3v) is 4.17. The molecular weight excluding hydrogens is 289 g/mol. The Morgan fingerprint density at radius 3 is 2.57 bits per heavy atom. The van der Waals surface area contributed by atoms with Gasteiger partial charge in [0.05, 0.1) is 0 Å². The van der Waals surface area contributed by atoms with Crippen LogP contribution in [0.25, 0.3) is 0 Å². The lowest BCUT2D eigenvalue weighted by Gasteiger charge is -2.36. The summed E-state index contributed by atoms with van der Waals surface area (Å²) in [5.41, 5.74) is 2.06. The normalized spacial score (nSPS) is 16.2. The maximum atomic E-state index is 13.2. The number of rotatable bonds is 3. The molecule has 2 heterocycles. The molecule has 3 nitrogen and oxygen atoms in total. The number of halogens is 2. The molecule has 0 amide bonds. The van der Waals surface area contributed by atoms with Crippen LogP contribution >= 0.6 is 11.6 Å². The summed E-state index contributed by atoms with van der Waals surface area (Å²) in [6, 6.07) is 11.3. The van der Waals surface area contributed by atoms with E-state index in [1.54, 1.807) is 0 Å². The van der Waals surface area contributed by atoms with Crippen molar-refractivity contribution in [3.8, 4) is 0 Å². The Labute approximate surface area is 129 Å². The van der Waals surface area contributed by atoms with Crippen LogP contribution in [0.5, 0.6) is 0 Å². The fraction of sp³-hybridized carbons (Fsp3) is 0.312. The molecule has 1 saturated heterocycles. The molecule has 5 heteroatoms. The van der Waals surface area contributed by atoms with Crippen molar-refractivity contribution >= 4 is 17.3 Å². The molecule has 0 atom stereocenters. The van der Waals surface area contributed by atoms with Crippen molar-refractivity contribution in [2.45, 2.75) is 6.54 Å². The van der Waals surface area contributed by atoms with Crippen LogP contribution in [0.1, 0.15) is 5.56 Å². The fourth-order valence-electron chi connectivity index (χ4n) is 2.62. The van der Waals surface area contributed by atoms with Gasteiger partial charge in [0.2, 0.25) is 5.95 Å². The highest BCUT2D eigenvalue weighted by Crippen LogP contribution is 2.20. The molecular formula is C16H17ClFN3. The predicted molar refractivity (Wildman–Crippen MR) is 83.1 cm³/mol. The third kappa shape index (κ3) is 3.52. The second-order valence-corrected chi connectivity index (χ2v) is 5.60. The average molecular weight is 306 g/mol. The highest BCUT2D eigenvalue weighted by atomic mass is 35.5. The van der Waals surface area contributed by atoms with E-state index < -0.39 is 5.95 Å². The molecule has 1 aliphatic heterocycles. The van der Waals surface area contributed by atoms with E-state index in [1.807, 2.05) is 24.3 Å². The second-order valence-electron chi connectivity index (χ2n) is 5.19. The van der Waals surface area contributed by atoms with Crippen molar-refractivity contribution in [3.05, 3.63) is 59.1 Å². The van der Waals surface area contributed by atoms with Gasteiger partial charge in [-0.15, -0.1) is 0 Å². The zero-order valence-corrected chi connectivity index (χ0v) is 12.4. The topological polar surface area (TPSA) is 19.4 Å². The molecule has 2 aromatic rings. The Balaban J connectivity index is 1.59. The summed E-state index contributed by atoms with van der Waals surface area (Å²) >= 11 is 6.20. The highest BCUT2D eigenvalue weighted by molar-refractivity contribution is 6.31. The van der Waals surface area contributed by atoms with Gasteiger partial charge in [-0.25, -0.2) is 4.98 Å². The number of hydrogen-bond acceptors (Lipinski definition) is 3. The quantitative estimate of drug-likeness (QED) is 0.812. The summed E-state index contributed by atoms with van der Waals surface area (Å²) in [5.74, 6) is -0.425. The van der Waals surface area contributed by atoms with Crippen LogP contribution in [-0.2, 0) is 6.54 Å². The Bertz CT molecular complexity index is 612. The second kappa shape index (κ2) is 6.41. The summed E-state index contributed by atoms with van der Waals surface area (Å²) in [6.45, 7) is 4.50. The first-order chi connectivity index (χ1) is 10.2. The first kappa shape index (κ1) is 14.3. The van der Waals surface area contributed by atoms with E-state index in [-0.39, 0.29) is 0 Å². The molecule has 1 aliphatic rings. The van der Waals surface area contributed by atoms with E-state index in [0.29, 0.717) is 0 Å². The maximum absolute atomic E-state index is 13.2. The summed E-state index contributed by atoms with van der Waals surface area (Å²) in [7, 11) is 0. The molecule has 0 aliphatic carbocycles. The van der Waals surface area contributed by atoms with Gasteiger partial charge in [0.1, 0.15) is 0 Å². The van der Waals surface area contributed by atoms with Crippen LogP contribution in [-0.4, -0.2) is 36.1 Å². The molecule has 110 valence electrons. The first-order valence-corrected chi connectivity index (χ1v) is 7.42. The van der Waals surface area contributed by atoms with Gasteiger partial charge in [0, 0.05) is 55.7 Å². The standard InChI is InChI=1S/C16H17ClFN3/c17-15-4-2-1-3-13(15)12-20-7-9-21(10-8-20)14-5-6-19-16(18)11-14/h1-6,11H,7-10,12H2. The lowest BCUT2D eigenvalue weighted by molar-refractivity contribution is 0.250. The number of pyridine rings is 1. The number of hydrogen-bond donors (Lipinski definition) is 0. The summed E-state index contributed by atoms with van der Waals surface area (Å²) < 4.78 is 13.2. The zero-order valence-electron chi connectivity index (χ0n) is 11.7. The van der Waals surface area contributed by atoms with Gasteiger partial charge < -0.3 is 4.90 Å². The van der Waals surface area contributed by atoms with Crippen LogP contribution in [0.3, 0.4) is 0 Å². The fourth-order valence-corrected chi connectivity index (χ4v) is 2.82. The molecule has 0 bridgehead atoms. The van der Waals surface area contributed by atoms with Crippen LogP contribution in [0.15, 0.2) is 42.6 Å². The smallest absolute Gasteiger partial charge is 0.214 e. The molecule has 1 fully saturated rings. The molecule has 0 N–H and O–H groups in total. The van der Waals surface area contributed by atoms with E-state index in [4.69, 9.17) is 11.6 Å². The highest BCUT2D eigenvalue weighted by Gasteiger charge is 2.18. The largest absolute Gasteiger partial charge is 0.369 e. The van der Waals surface area contributed by atoms with Crippen LogP contribution < -0.4 is 4.90 Å². The van der Waals surface area contributed by atoms with Crippen LogP contribution in [0, 0.1) is 5.95 Å². The van der Waals surface area contributed by atoms with Gasteiger partial charge in [-0.2, -0.15) is 4.39 Å². The van der Waals surface area contributed by atoms with Crippen molar-refractivity contribution < 1.29 is 4.39 Å². The average Bonchev–Trinajstić information content (AvgIpc) is 2.50.